The number of aromatic nitrogens is 3. The van der Waals surface area contributed by atoms with Crippen molar-refractivity contribution >= 4 is 15.8 Å². The molecule has 0 unspecified atom stereocenters. The van der Waals surface area contributed by atoms with Gasteiger partial charge in [0, 0.05) is 51.7 Å². The van der Waals surface area contributed by atoms with Crippen LogP contribution in [0.2, 0.25) is 0 Å². The molecule has 2 aromatic heterocycles. The Bertz CT molecular complexity index is 781. The number of methoxy groups -OCH3 is 1. The third-order valence-electron chi connectivity index (χ3n) is 3.83. The fourth-order valence-corrected chi connectivity index (χ4v) is 3.95. The standard InChI is InChI=1S/C14H19N5O3S/c1-17-11-13(10-16-17)23(20,21)19-7-5-18(6-8-19)14-9-12(22-2)3-4-15-14/h3-4,9-11H,5-8H2,1-2H3. The van der Waals surface area contributed by atoms with Gasteiger partial charge in [0.25, 0.3) is 0 Å². The zero-order chi connectivity index (χ0) is 16.4. The number of ether oxygens (including phenoxy) is 1. The molecular weight excluding hydrogens is 318 g/mol. The molecule has 0 radical (unpaired) electrons. The van der Waals surface area contributed by atoms with Gasteiger partial charge in [-0.2, -0.15) is 9.40 Å². The SMILES string of the molecule is COc1ccnc(N2CCN(S(=O)(=O)c3cnn(C)c3)CC2)c1. The lowest BCUT2D eigenvalue weighted by molar-refractivity contribution is 0.382. The Hall–Kier alpha value is -2.13. The highest BCUT2D eigenvalue weighted by molar-refractivity contribution is 7.89. The van der Waals surface area contributed by atoms with Gasteiger partial charge in [0.05, 0.1) is 13.3 Å². The zero-order valence-electron chi connectivity index (χ0n) is 13.1. The molecule has 0 spiro atoms. The lowest BCUT2D eigenvalue weighted by Crippen LogP contribution is -2.48. The fraction of sp³-hybridized carbons (Fsp3) is 0.429. The van der Waals surface area contributed by atoms with E-state index in [1.165, 1.54) is 21.4 Å². The van der Waals surface area contributed by atoms with E-state index in [-0.39, 0.29) is 4.90 Å². The van der Waals surface area contributed by atoms with Crippen molar-refractivity contribution in [2.75, 3.05) is 38.2 Å². The molecule has 0 aliphatic carbocycles. The minimum absolute atomic E-state index is 0.230. The highest BCUT2D eigenvalue weighted by atomic mass is 32.2. The minimum atomic E-state index is -3.48. The van der Waals surface area contributed by atoms with Gasteiger partial charge >= 0.3 is 0 Å². The summed E-state index contributed by atoms with van der Waals surface area (Å²) in [5, 5.41) is 3.94. The van der Waals surface area contributed by atoms with Gasteiger partial charge in [-0.05, 0) is 6.07 Å². The Morgan fingerprint density at radius 3 is 2.57 bits per heavy atom. The van der Waals surface area contributed by atoms with Crippen LogP contribution in [0.15, 0.2) is 35.6 Å². The van der Waals surface area contributed by atoms with Crippen molar-refractivity contribution in [3.05, 3.63) is 30.7 Å². The lowest BCUT2D eigenvalue weighted by atomic mass is 10.3. The van der Waals surface area contributed by atoms with E-state index in [1.54, 1.807) is 26.4 Å². The van der Waals surface area contributed by atoms with Crippen molar-refractivity contribution in [2.45, 2.75) is 4.90 Å². The maximum Gasteiger partial charge on any atom is 0.246 e. The summed E-state index contributed by atoms with van der Waals surface area (Å²) < 4.78 is 33.3. The van der Waals surface area contributed by atoms with Crippen molar-refractivity contribution in [3.8, 4) is 5.75 Å². The number of nitrogens with zero attached hydrogens (tertiary/aromatic N) is 5. The predicted molar refractivity (Wildman–Crippen MR) is 85.0 cm³/mol. The fourth-order valence-electron chi connectivity index (χ4n) is 2.54. The van der Waals surface area contributed by atoms with Crippen LogP contribution >= 0.6 is 0 Å². The summed E-state index contributed by atoms with van der Waals surface area (Å²) in [5.74, 6) is 1.53. The second-order valence-electron chi connectivity index (χ2n) is 5.29. The first-order valence-electron chi connectivity index (χ1n) is 7.24. The van der Waals surface area contributed by atoms with E-state index in [4.69, 9.17) is 4.74 Å². The Balaban J connectivity index is 1.70. The van der Waals surface area contributed by atoms with Crippen molar-refractivity contribution in [3.63, 3.8) is 0 Å². The number of aryl methyl sites for hydroxylation is 1. The second kappa shape index (κ2) is 6.17. The van der Waals surface area contributed by atoms with E-state index in [0.29, 0.717) is 26.2 Å². The molecule has 3 rings (SSSR count). The van der Waals surface area contributed by atoms with Crippen LogP contribution in [-0.2, 0) is 17.1 Å². The summed E-state index contributed by atoms with van der Waals surface area (Å²) in [7, 11) is -0.173. The lowest BCUT2D eigenvalue weighted by Gasteiger charge is -2.34. The van der Waals surface area contributed by atoms with Gasteiger partial charge in [0.15, 0.2) is 0 Å². The molecule has 0 N–H and O–H groups in total. The Labute approximate surface area is 135 Å². The number of hydrogen-bond acceptors (Lipinski definition) is 6. The summed E-state index contributed by atoms with van der Waals surface area (Å²) in [4.78, 5) is 6.61. The van der Waals surface area contributed by atoms with Gasteiger partial charge in [-0.15, -0.1) is 0 Å². The molecule has 1 aliphatic rings. The minimum Gasteiger partial charge on any atom is -0.497 e. The van der Waals surface area contributed by atoms with E-state index < -0.39 is 10.0 Å². The summed E-state index contributed by atoms with van der Waals surface area (Å²) >= 11 is 0. The molecule has 9 heteroatoms. The molecule has 124 valence electrons. The number of piperazine rings is 1. The third kappa shape index (κ3) is 3.15. The average molecular weight is 337 g/mol. The normalized spacial score (nSPS) is 16.5. The number of hydrogen-bond donors (Lipinski definition) is 0. The highest BCUT2D eigenvalue weighted by Crippen LogP contribution is 2.22. The molecule has 23 heavy (non-hydrogen) atoms. The first-order valence-corrected chi connectivity index (χ1v) is 8.68. The molecular formula is C14H19N5O3S. The van der Waals surface area contributed by atoms with Crippen LogP contribution in [0.3, 0.4) is 0 Å². The second-order valence-corrected chi connectivity index (χ2v) is 7.23. The van der Waals surface area contributed by atoms with E-state index in [9.17, 15) is 8.42 Å². The first-order chi connectivity index (χ1) is 11.0. The molecule has 0 aromatic carbocycles. The van der Waals surface area contributed by atoms with Crippen LogP contribution in [0.5, 0.6) is 5.75 Å². The van der Waals surface area contributed by atoms with Gasteiger partial charge in [-0.1, -0.05) is 0 Å². The van der Waals surface area contributed by atoms with E-state index in [1.807, 2.05) is 6.07 Å². The van der Waals surface area contributed by atoms with E-state index in [0.717, 1.165) is 11.6 Å². The molecule has 0 amide bonds. The predicted octanol–water partition coefficient (Wildman–Crippen LogP) is 0.335. The smallest absolute Gasteiger partial charge is 0.246 e. The molecule has 1 saturated heterocycles. The summed E-state index contributed by atoms with van der Waals surface area (Å²) in [6.07, 6.45) is 4.59. The monoisotopic (exact) mass is 337 g/mol. The number of sulfonamides is 1. The van der Waals surface area contributed by atoms with Crippen molar-refractivity contribution in [2.24, 2.45) is 7.05 Å². The molecule has 0 atom stereocenters. The zero-order valence-corrected chi connectivity index (χ0v) is 13.9. The van der Waals surface area contributed by atoms with Crippen LogP contribution in [0.1, 0.15) is 0 Å². The van der Waals surface area contributed by atoms with Gasteiger partial charge in [0.2, 0.25) is 10.0 Å². The van der Waals surface area contributed by atoms with Crippen LogP contribution in [-0.4, -0.2) is 60.8 Å². The van der Waals surface area contributed by atoms with Gasteiger partial charge < -0.3 is 9.64 Å². The average Bonchev–Trinajstić information content (AvgIpc) is 3.02. The van der Waals surface area contributed by atoms with Crippen molar-refractivity contribution < 1.29 is 13.2 Å². The van der Waals surface area contributed by atoms with Gasteiger partial charge in [0.1, 0.15) is 16.5 Å². The molecule has 2 aromatic rings. The van der Waals surface area contributed by atoms with E-state index >= 15 is 0 Å². The molecule has 0 bridgehead atoms. The first kappa shape index (κ1) is 15.8. The topological polar surface area (TPSA) is 80.6 Å². The van der Waals surface area contributed by atoms with E-state index in [2.05, 4.69) is 15.0 Å². The van der Waals surface area contributed by atoms with Crippen LogP contribution in [0.25, 0.3) is 0 Å². The highest BCUT2D eigenvalue weighted by Gasteiger charge is 2.29. The maximum atomic E-state index is 12.6. The molecule has 0 saturated carbocycles. The number of rotatable bonds is 4. The summed E-state index contributed by atoms with van der Waals surface area (Å²) in [5.41, 5.74) is 0. The largest absolute Gasteiger partial charge is 0.497 e. The maximum absolute atomic E-state index is 12.6. The summed E-state index contributed by atoms with van der Waals surface area (Å²) in [6.45, 7) is 1.99. The van der Waals surface area contributed by atoms with Crippen molar-refractivity contribution in [1.82, 2.24) is 19.1 Å². The number of pyridine rings is 1. The van der Waals surface area contributed by atoms with Crippen molar-refractivity contribution in [1.29, 1.82) is 0 Å². The quantitative estimate of drug-likeness (QED) is 0.800. The Kier molecular flexibility index (Phi) is 4.22. The molecule has 1 aliphatic heterocycles. The van der Waals surface area contributed by atoms with Crippen LogP contribution in [0, 0.1) is 0 Å². The number of anilines is 1. The van der Waals surface area contributed by atoms with Gasteiger partial charge in [-0.25, -0.2) is 13.4 Å². The molecule has 3 heterocycles. The molecule has 1 fully saturated rings. The third-order valence-corrected chi connectivity index (χ3v) is 5.69. The molecule has 8 nitrogen and oxygen atoms in total. The Morgan fingerprint density at radius 2 is 1.96 bits per heavy atom. The summed E-state index contributed by atoms with van der Waals surface area (Å²) in [6, 6.07) is 3.64. The Morgan fingerprint density at radius 1 is 1.22 bits per heavy atom. The van der Waals surface area contributed by atoms with Gasteiger partial charge in [-0.3, -0.25) is 4.68 Å². The van der Waals surface area contributed by atoms with Crippen LogP contribution in [0.4, 0.5) is 5.82 Å². The van der Waals surface area contributed by atoms with Crippen LogP contribution < -0.4 is 9.64 Å².